The summed E-state index contributed by atoms with van der Waals surface area (Å²) >= 11 is 0. The zero-order chi connectivity index (χ0) is 55.7. The molecule has 0 aliphatic rings. The van der Waals surface area contributed by atoms with E-state index in [4.69, 9.17) is 14.2 Å². The van der Waals surface area contributed by atoms with Crippen molar-refractivity contribution in [3.8, 4) is 0 Å². The van der Waals surface area contributed by atoms with Crippen LogP contribution in [0, 0.1) is 0 Å². The highest BCUT2D eigenvalue weighted by Crippen LogP contribution is 2.16. The molecule has 6 nitrogen and oxygen atoms in total. The van der Waals surface area contributed by atoms with E-state index in [1.807, 2.05) is 0 Å². The summed E-state index contributed by atoms with van der Waals surface area (Å²) in [5.41, 5.74) is 0. The molecule has 0 saturated carbocycles. The molecular weight excluding hydrogens is 949 g/mol. The maximum Gasteiger partial charge on any atom is 0.306 e. The quantitative estimate of drug-likeness (QED) is 0.0261. The van der Waals surface area contributed by atoms with E-state index in [-0.39, 0.29) is 31.1 Å². The molecule has 0 aliphatic heterocycles. The van der Waals surface area contributed by atoms with Crippen molar-refractivity contribution in [1.82, 2.24) is 0 Å². The van der Waals surface area contributed by atoms with Crippen molar-refractivity contribution in [1.29, 1.82) is 0 Å². The summed E-state index contributed by atoms with van der Waals surface area (Å²) in [4.78, 5) is 38.1. The van der Waals surface area contributed by atoms with Gasteiger partial charge in [0.25, 0.3) is 0 Å². The van der Waals surface area contributed by atoms with Crippen LogP contribution in [0.1, 0.15) is 290 Å². The molecule has 77 heavy (non-hydrogen) atoms. The van der Waals surface area contributed by atoms with E-state index in [2.05, 4.69) is 142 Å². The Bertz CT molecular complexity index is 1600. The van der Waals surface area contributed by atoms with Crippen LogP contribution in [0.25, 0.3) is 0 Å². The summed E-state index contributed by atoms with van der Waals surface area (Å²) in [5.74, 6) is -0.907. The molecule has 1 atom stereocenters. The van der Waals surface area contributed by atoms with Crippen LogP contribution in [-0.4, -0.2) is 37.2 Å². The monoisotopic (exact) mass is 1070 g/mol. The van der Waals surface area contributed by atoms with Crippen LogP contribution in [0.4, 0.5) is 0 Å². The van der Waals surface area contributed by atoms with Crippen LogP contribution in [0.15, 0.2) is 122 Å². The second-order valence-electron chi connectivity index (χ2n) is 20.9. The fraction of sp³-hybridized carbons (Fsp3) is 0.676. The molecule has 0 aromatic carbocycles. The van der Waals surface area contributed by atoms with Crippen LogP contribution in [-0.2, 0) is 28.6 Å². The number of allylic oxidation sites excluding steroid dienone is 20. The van der Waals surface area contributed by atoms with E-state index in [1.54, 1.807) is 0 Å². The van der Waals surface area contributed by atoms with Gasteiger partial charge in [-0.2, -0.15) is 0 Å². The molecule has 0 spiro atoms. The normalized spacial score (nSPS) is 12.9. The van der Waals surface area contributed by atoms with Gasteiger partial charge in [0.1, 0.15) is 13.2 Å². The molecule has 6 heteroatoms. The lowest BCUT2D eigenvalue weighted by Gasteiger charge is -2.18. The number of rotatable bonds is 57. The van der Waals surface area contributed by atoms with Gasteiger partial charge in [0.15, 0.2) is 6.10 Å². The van der Waals surface area contributed by atoms with Crippen LogP contribution >= 0.6 is 0 Å². The summed E-state index contributed by atoms with van der Waals surface area (Å²) in [6.07, 6.45) is 89.5. The number of esters is 3. The summed E-state index contributed by atoms with van der Waals surface area (Å²) in [7, 11) is 0. The molecule has 0 heterocycles. The zero-order valence-corrected chi connectivity index (χ0v) is 50.2. The number of carbonyl (C=O) groups is 3. The maximum absolute atomic E-state index is 12.8. The van der Waals surface area contributed by atoms with E-state index >= 15 is 0 Å². The largest absolute Gasteiger partial charge is 0.462 e. The molecule has 0 rings (SSSR count). The molecule has 0 N–H and O–H groups in total. The average Bonchev–Trinajstić information content (AvgIpc) is 3.43. The molecular formula is C71H118O6. The van der Waals surface area contributed by atoms with E-state index in [0.29, 0.717) is 19.3 Å². The summed E-state index contributed by atoms with van der Waals surface area (Å²) < 4.78 is 16.8. The Labute approximate surface area is 475 Å². The van der Waals surface area contributed by atoms with Gasteiger partial charge in [0.05, 0.1) is 0 Å². The first-order valence-corrected chi connectivity index (χ1v) is 32.0. The summed E-state index contributed by atoms with van der Waals surface area (Å²) in [5, 5.41) is 0. The zero-order valence-electron chi connectivity index (χ0n) is 50.2. The van der Waals surface area contributed by atoms with Gasteiger partial charge in [-0.25, -0.2) is 0 Å². The third kappa shape index (κ3) is 62.5. The maximum atomic E-state index is 12.8. The molecule has 438 valence electrons. The Morgan fingerprint density at radius 2 is 0.506 bits per heavy atom. The Morgan fingerprint density at radius 3 is 0.792 bits per heavy atom. The number of unbranched alkanes of at least 4 members (excludes halogenated alkanes) is 26. The van der Waals surface area contributed by atoms with Crippen molar-refractivity contribution in [2.45, 2.75) is 297 Å². The molecule has 0 aliphatic carbocycles. The van der Waals surface area contributed by atoms with Crippen molar-refractivity contribution < 1.29 is 28.6 Å². The fourth-order valence-corrected chi connectivity index (χ4v) is 8.73. The fourth-order valence-electron chi connectivity index (χ4n) is 8.73. The minimum absolute atomic E-state index is 0.0857. The Morgan fingerprint density at radius 1 is 0.273 bits per heavy atom. The standard InChI is InChI=1S/C71H118O6/c1-4-7-10-13-16-18-20-22-24-26-28-30-31-32-33-34-35-36-37-38-39-41-42-44-46-48-50-52-55-58-61-64-70(73)76-67-68(66-75-69(72)63-60-57-54-15-12-9-6-3)77-71(74)65-62-59-56-53-51-49-47-45-43-40-29-27-25-23-21-19-17-14-11-8-5-2/h7-8,10-11,16-19,22-25,28-30,32-33,40,45,47,68H,4-6,9,12-15,20-21,26-27,31,34-39,41-44,46,48-67H2,1-3H3/b10-7-,11-8-,18-16-,19-17-,24-22-,25-23-,30-28-,33-32-,40-29-,47-45-. The lowest BCUT2D eigenvalue weighted by atomic mass is 10.0. The first kappa shape index (κ1) is 72.8. The van der Waals surface area contributed by atoms with Gasteiger partial charge in [-0.3, -0.25) is 14.4 Å². The first-order valence-electron chi connectivity index (χ1n) is 32.0. The highest BCUT2D eigenvalue weighted by atomic mass is 16.6. The van der Waals surface area contributed by atoms with Gasteiger partial charge < -0.3 is 14.2 Å². The van der Waals surface area contributed by atoms with E-state index in [0.717, 1.165) is 141 Å². The van der Waals surface area contributed by atoms with Gasteiger partial charge in [-0.05, 0) is 109 Å². The van der Waals surface area contributed by atoms with Gasteiger partial charge >= 0.3 is 17.9 Å². The number of ether oxygens (including phenoxy) is 3. The SMILES string of the molecule is CC/C=C\C/C=C\C/C=C\C/C=C\C/C=C\CCCCCCCCCCCCCCCCCC(=O)OCC(COC(=O)CCCCCCCCC)OC(=O)CCCCCCC/C=C\C/C=C\C/C=C\C/C=C\C/C=C\CC. The highest BCUT2D eigenvalue weighted by Gasteiger charge is 2.19. The van der Waals surface area contributed by atoms with Crippen LogP contribution in [0.5, 0.6) is 0 Å². The van der Waals surface area contributed by atoms with Gasteiger partial charge in [-0.1, -0.05) is 284 Å². The van der Waals surface area contributed by atoms with Crippen molar-refractivity contribution in [3.05, 3.63) is 122 Å². The van der Waals surface area contributed by atoms with E-state index in [1.165, 1.54) is 109 Å². The molecule has 0 aromatic heterocycles. The number of hydrogen-bond acceptors (Lipinski definition) is 6. The van der Waals surface area contributed by atoms with Gasteiger partial charge in [0.2, 0.25) is 0 Å². The minimum Gasteiger partial charge on any atom is -0.462 e. The Balaban J connectivity index is 4.13. The van der Waals surface area contributed by atoms with Crippen molar-refractivity contribution in [3.63, 3.8) is 0 Å². The predicted molar refractivity (Wildman–Crippen MR) is 334 cm³/mol. The number of hydrogen-bond donors (Lipinski definition) is 0. The molecule has 0 bridgehead atoms. The minimum atomic E-state index is -0.788. The third-order valence-corrected chi connectivity index (χ3v) is 13.5. The average molecular weight is 1070 g/mol. The molecule has 0 saturated heterocycles. The van der Waals surface area contributed by atoms with E-state index in [9.17, 15) is 14.4 Å². The lowest BCUT2D eigenvalue weighted by Crippen LogP contribution is -2.30. The van der Waals surface area contributed by atoms with Gasteiger partial charge in [0, 0.05) is 19.3 Å². The van der Waals surface area contributed by atoms with Crippen LogP contribution < -0.4 is 0 Å². The smallest absolute Gasteiger partial charge is 0.306 e. The second kappa shape index (κ2) is 64.3. The summed E-state index contributed by atoms with van der Waals surface area (Å²) in [6.45, 7) is 6.36. The topological polar surface area (TPSA) is 78.9 Å². The lowest BCUT2D eigenvalue weighted by molar-refractivity contribution is -0.167. The Kier molecular flexibility index (Phi) is 60.8. The Hall–Kier alpha value is -4.19. The highest BCUT2D eigenvalue weighted by molar-refractivity contribution is 5.71. The van der Waals surface area contributed by atoms with Gasteiger partial charge in [-0.15, -0.1) is 0 Å². The predicted octanol–water partition coefficient (Wildman–Crippen LogP) is 22.0. The van der Waals surface area contributed by atoms with Crippen molar-refractivity contribution in [2.75, 3.05) is 13.2 Å². The third-order valence-electron chi connectivity index (χ3n) is 13.5. The number of carbonyl (C=O) groups excluding carboxylic acids is 3. The first-order chi connectivity index (χ1) is 38.0. The molecule has 0 amide bonds. The second-order valence-corrected chi connectivity index (χ2v) is 20.9. The summed E-state index contributed by atoms with van der Waals surface area (Å²) in [6, 6.07) is 0. The molecule has 0 fully saturated rings. The molecule has 1 unspecified atom stereocenters. The van der Waals surface area contributed by atoms with Crippen LogP contribution in [0.2, 0.25) is 0 Å². The van der Waals surface area contributed by atoms with E-state index < -0.39 is 6.10 Å². The molecule has 0 aromatic rings. The van der Waals surface area contributed by atoms with Crippen LogP contribution in [0.3, 0.4) is 0 Å². The van der Waals surface area contributed by atoms with Crippen molar-refractivity contribution in [2.24, 2.45) is 0 Å². The van der Waals surface area contributed by atoms with Crippen molar-refractivity contribution >= 4 is 17.9 Å². The molecule has 0 radical (unpaired) electrons.